The van der Waals surface area contributed by atoms with E-state index in [1.54, 1.807) is 0 Å². The number of hydrogen-bond acceptors (Lipinski definition) is 7. The summed E-state index contributed by atoms with van der Waals surface area (Å²) in [4.78, 5) is 32.5. The van der Waals surface area contributed by atoms with Crippen LogP contribution in [0.3, 0.4) is 0 Å². The van der Waals surface area contributed by atoms with Gasteiger partial charge in [-0.15, -0.1) is 0 Å². The number of fused-ring (bicyclic) bond motifs is 10. The molecule has 0 fully saturated rings. The second-order valence-electron chi connectivity index (χ2n) is 25.9. The molecular formula is C91H58BN9. The predicted molar refractivity (Wildman–Crippen MR) is 416 cm³/mol. The maximum absolute atomic E-state index is 5.77. The minimum Gasteiger partial charge on any atom is -0.311 e. The van der Waals surface area contributed by atoms with Gasteiger partial charge < -0.3 is 18.9 Å². The zero-order valence-electron chi connectivity index (χ0n) is 54.6. The highest BCUT2D eigenvalue weighted by Gasteiger charge is 2.44. The molecule has 0 saturated carbocycles. The number of rotatable bonds is 11. The summed E-state index contributed by atoms with van der Waals surface area (Å²) in [5.41, 5.74) is 25.7. The molecule has 0 unspecified atom stereocenters. The van der Waals surface area contributed by atoms with Crippen molar-refractivity contribution in [3.05, 3.63) is 352 Å². The van der Waals surface area contributed by atoms with E-state index in [9.17, 15) is 0 Å². The minimum absolute atomic E-state index is 0.0632. The van der Waals surface area contributed by atoms with Crippen molar-refractivity contribution in [2.75, 3.05) is 9.80 Å². The molecule has 18 aromatic rings. The molecule has 14 aromatic carbocycles. The number of hydrogen-bond donors (Lipinski definition) is 0. The summed E-state index contributed by atoms with van der Waals surface area (Å²) in [6.07, 6.45) is 0. The topological polar surface area (TPSA) is 80.8 Å². The zero-order valence-corrected chi connectivity index (χ0v) is 54.6. The molecule has 0 spiro atoms. The molecule has 0 atom stereocenters. The lowest BCUT2D eigenvalue weighted by Crippen LogP contribution is -2.61. The Morgan fingerprint density at radius 1 is 0.228 bits per heavy atom. The summed E-state index contributed by atoms with van der Waals surface area (Å²) >= 11 is 0. The van der Waals surface area contributed by atoms with Crippen molar-refractivity contribution in [3.8, 4) is 90.6 Å². The second kappa shape index (κ2) is 23.6. The van der Waals surface area contributed by atoms with Crippen molar-refractivity contribution in [1.82, 2.24) is 34.1 Å². The Bertz CT molecular complexity index is 6210. The fourth-order valence-corrected chi connectivity index (χ4v) is 15.7. The van der Waals surface area contributed by atoms with Gasteiger partial charge in [0.05, 0.1) is 44.8 Å². The summed E-state index contributed by atoms with van der Waals surface area (Å²) in [7, 11) is 0. The van der Waals surface area contributed by atoms with Crippen LogP contribution in [0.15, 0.2) is 352 Å². The first-order chi connectivity index (χ1) is 50.1. The van der Waals surface area contributed by atoms with Gasteiger partial charge in [0.1, 0.15) is 0 Å². The molecule has 0 radical (unpaired) electrons. The Morgan fingerprint density at radius 2 is 0.683 bits per heavy atom. The van der Waals surface area contributed by atoms with Gasteiger partial charge in [-0.05, 0) is 125 Å². The molecule has 0 saturated heterocycles. The standard InChI is InChI=1S/C91H58BN9/c1-7-28-59(29-8-1)76-57-77(94-88(93-76)60-30-9-2-10-31-60)63-50-52-80(101-79-47-24-20-43-70(79)72-56-71-69-42-19-23-46-78(69)98(84(71)58-85(72)101)65-36-13-4-14-37-65)73(55-63)91-96-89(61-32-11-3-12-33-61)95-90(97-91)64-35-27-34-62(54-64)68-51-53-83-86-87(68)100(67-40-17-6-18-41-67)82-49-26-22-45-75(82)92(86)74-44-21-25-48-81(74)99(83)66-38-15-5-16-39-66/h1-58H. The average molecular weight is 1290 g/mol. The van der Waals surface area contributed by atoms with E-state index in [2.05, 4.69) is 328 Å². The van der Waals surface area contributed by atoms with Crippen LogP contribution in [0.4, 0.5) is 34.1 Å². The monoisotopic (exact) mass is 1290 g/mol. The van der Waals surface area contributed by atoms with E-state index in [0.29, 0.717) is 23.3 Å². The van der Waals surface area contributed by atoms with Gasteiger partial charge in [-0.3, -0.25) is 0 Å². The Hall–Kier alpha value is -13.6. The molecule has 0 N–H and O–H groups in total. The largest absolute Gasteiger partial charge is 0.311 e. The van der Waals surface area contributed by atoms with Crippen molar-refractivity contribution in [2.45, 2.75) is 0 Å². The second-order valence-corrected chi connectivity index (χ2v) is 25.9. The molecule has 0 amide bonds. The third-order valence-electron chi connectivity index (χ3n) is 20.1. The van der Waals surface area contributed by atoms with E-state index in [-0.39, 0.29) is 6.71 Å². The van der Waals surface area contributed by atoms with Gasteiger partial charge in [0.25, 0.3) is 6.71 Å². The van der Waals surface area contributed by atoms with Crippen molar-refractivity contribution in [1.29, 1.82) is 0 Å². The van der Waals surface area contributed by atoms with Crippen LogP contribution >= 0.6 is 0 Å². The fourth-order valence-electron chi connectivity index (χ4n) is 15.7. The van der Waals surface area contributed by atoms with Gasteiger partial charge in [-0.25, -0.2) is 24.9 Å². The first-order valence-electron chi connectivity index (χ1n) is 34.3. The van der Waals surface area contributed by atoms with Crippen molar-refractivity contribution in [2.24, 2.45) is 0 Å². The molecule has 4 aromatic heterocycles. The van der Waals surface area contributed by atoms with Crippen LogP contribution in [0.2, 0.25) is 0 Å². The Kier molecular flexibility index (Phi) is 13.5. The molecular weight excluding hydrogens is 1230 g/mol. The fraction of sp³-hybridized carbons (Fsp3) is 0. The van der Waals surface area contributed by atoms with Crippen LogP contribution in [0.5, 0.6) is 0 Å². The SMILES string of the molecule is c1ccc(-c2cc(-c3ccc(-n4c5ccccc5c5cc6c7ccccc7n(-c7ccccc7)c6cc54)c(-c4nc(-c5ccccc5)nc(-c5cccc(-c6ccc7c8c6N(c6ccccc6)c6ccccc6B8c6ccccc6N7c6ccccc6)c5)n4)c3)nc(-c3ccccc3)n2)cc1. The van der Waals surface area contributed by atoms with Crippen LogP contribution in [0.1, 0.15) is 0 Å². The number of anilines is 6. The first kappa shape index (κ1) is 57.7. The highest BCUT2D eigenvalue weighted by Crippen LogP contribution is 2.49. The van der Waals surface area contributed by atoms with Crippen LogP contribution < -0.4 is 26.2 Å². The van der Waals surface area contributed by atoms with Gasteiger partial charge in [-0.1, -0.05) is 249 Å². The minimum atomic E-state index is -0.0632. The van der Waals surface area contributed by atoms with E-state index >= 15 is 0 Å². The summed E-state index contributed by atoms with van der Waals surface area (Å²) < 4.78 is 4.81. The van der Waals surface area contributed by atoms with Crippen LogP contribution in [0.25, 0.3) is 134 Å². The molecule has 2 aliphatic heterocycles. The summed E-state index contributed by atoms with van der Waals surface area (Å²) in [5, 5.41) is 4.63. The first-order valence-corrected chi connectivity index (χ1v) is 34.3. The van der Waals surface area contributed by atoms with Gasteiger partial charge in [0, 0.05) is 94.6 Å². The lowest BCUT2D eigenvalue weighted by molar-refractivity contribution is 1.06. The molecule has 0 aliphatic carbocycles. The van der Waals surface area contributed by atoms with Crippen LogP contribution in [-0.4, -0.2) is 40.8 Å². The number of aromatic nitrogens is 7. The van der Waals surface area contributed by atoms with Gasteiger partial charge >= 0.3 is 0 Å². The van der Waals surface area contributed by atoms with Crippen molar-refractivity contribution in [3.63, 3.8) is 0 Å². The molecule has 2 aliphatic rings. The number of benzene rings is 14. The zero-order chi connectivity index (χ0) is 66.5. The smallest absolute Gasteiger partial charge is 0.252 e. The predicted octanol–water partition coefficient (Wildman–Crippen LogP) is 20.6. The Balaban J connectivity index is 0.838. The Morgan fingerprint density at radius 3 is 1.32 bits per heavy atom. The van der Waals surface area contributed by atoms with Gasteiger partial charge in [0.15, 0.2) is 23.3 Å². The lowest BCUT2D eigenvalue weighted by atomic mass is 9.33. The summed E-state index contributed by atoms with van der Waals surface area (Å²) in [5.74, 6) is 2.20. The van der Waals surface area contributed by atoms with Crippen molar-refractivity contribution >= 4 is 101 Å². The maximum Gasteiger partial charge on any atom is 0.252 e. The average Bonchev–Trinajstić information content (AvgIpc) is 0.789. The van der Waals surface area contributed by atoms with Crippen LogP contribution in [-0.2, 0) is 0 Å². The third kappa shape index (κ3) is 9.52. The number of para-hydroxylation sites is 7. The highest BCUT2D eigenvalue weighted by molar-refractivity contribution is 7.00. The van der Waals surface area contributed by atoms with Crippen molar-refractivity contribution < 1.29 is 0 Å². The van der Waals surface area contributed by atoms with E-state index in [1.165, 1.54) is 32.8 Å². The van der Waals surface area contributed by atoms with E-state index in [0.717, 1.165) is 129 Å². The molecule has 101 heavy (non-hydrogen) atoms. The Labute approximate surface area is 583 Å². The van der Waals surface area contributed by atoms with Gasteiger partial charge in [-0.2, -0.15) is 0 Å². The van der Waals surface area contributed by atoms with E-state index in [1.807, 2.05) is 42.5 Å². The molecule has 6 heterocycles. The lowest BCUT2D eigenvalue weighted by Gasteiger charge is -2.45. The molecule has 9 nitrogen and oxygen atoms in total. The summed E-state index contributed by atoms with van der Waals surface area (Å²) in [6.45, 7) is -0.0632. The normalized spacial score (nSPS) is 12.3. The highest BCUT2D eigenvalue weighted by atomic mass is 15.2. The quantitative estimate of drug-likeness (QED) is 0.119. The molecule has 0 bridgehead atoms. The maximum atomic E-state index is 5.77. The van der Waals surface area contributed by atoms with Crippen LogP contribution in [0, 0.1) is 0 Å². The molecule has 470 valence electrons. The van der Waals surface area contributed by atoms with E-state index < -0.39 is 0 Å². The van der Waals surface area contributed by atoms with E-state index in [4.69, 9.17) is 24.9 Å². The van der Waals surface area contributed by atoms with Gasteiger partial charge in [0.2, 0.25) is 0 Å². The number of nitrogens with zero attached hydrogens (tertiary/aromatic N) is 9. The summed E-state index contributed by atoms with van der Waals surface area (Å²) in [6, 6.07) is 126. The molecule has 10 heteroatoms. The molecule has 20 rings (SSSR count). The third-order valence-corrected chi connectivity index (χ3v) is 20.1.